The summed E-state index contributed by atoms with van der Waals surface area (Å²) in [4.78, 5) is 14.3. The van der Waals surface area contributed by atoms with Crippen molar-refractivity contribution in [1.29, 1.82) is 0 Å². The lowest BCUT2D eigenvalue weighted by Gasteiger charge is -2.31. The number of hydrogen-bond donors (Lipinski definition) is 1. The molecule has 0 spiro atoms. The first-order valence-corrected chi connectivity index (χ1v) is 8.63. The van der Waals surface area contributed by atoms with Crippen molar-refractivity contribution in [2.45, 2.75) is 25.7 Å². The van der Waals surface area contributed by atoms with E-state index in [0.29, 0.717) is 23.1 Å². The zero-order valence-corrected chi connectivity index (χ0v) is 14.6. The molecule has 0 saturated heterocycles. The van der Waals surface area contributed by atoms with Crippen LogP contribution in [0.1, 0.15) is 36.2 Å². The van der Waals surface area contributed by atoms with Crippen LogP contribution in [-0.2, 0) is 0 Å². The lowest BCUT2D eigenvalue weighted by molar-refractivity contribution is 0.0570. The van der Waals surface area contributed by atoms with Crippen LogP contribution < -0.4 is 0 Å². The molecular formula is C19H22ClNO3. The van der Waals surface area contributed by atoms with Crippen molar-refractivity contribution in [2.24, 2.45) is 5.41 Å². The number of aliphatic hydroxyl groups is 1. The van der Waals surface area contributed by atoms with E-state index in [-0.39, 0.29) is 17.9 Å². The molecule has 1 aromatic heterocycles. The molecular weight excluding hydrogens is 326 g/mol. The highest BCUT2D eigenvalue weighted by Gasteiger charge is 2.35. The monoisotopic (exact) mass is 347 g/mol. The van der Waals surface area contributed by atoms with Crippen molar-refractivity contribution in [3.05, 3.63) is 47.2 Å². The van der Waals surface area contributed by atoms with Crippen LogP contribution in [0.2, 0.25) is 5.02 Å². The number of benzene rings is 1. The van der Waals surface area contributed by atoms with Gasteiger partial charge in [0.15, 0.2) is 5.76 Å². The lowest BCUT2D eigenvalue weighted by atomic mass is 9.86. The first-order chi connectivity index (χ1) is 11.5. The third-order valence-corrected chi connectivity index (χ3v) is 5.20. The fraction of sp³-hybridized carbons (Fsp3) is 0.421. The second kappa shape index (κ2) is 6.99. The van der Waals surface area contributed by atoms with Crippen LogP contribution in [0.4, 0.5) is 0 Å². The number of hydrogen-bond acceptors (Lipinski definition) is 3. The van der Waals surface area contributed by atoms with Crippen LogP contribution in [0.3, 0.4) is 0 Å². The molecule has 3 rings (SSSR count). The molecule has 2 aromatic rings. The number of furan rings is 1. The van der Waals surface area contributed by atoms with E-state index >= 15 is 0 Å². The van der Waals surface area contributed by atoms with Gasteiger partial charge in [-0.05, 0) is 37.1 Å². The third-order valence-electron chi connectivity index (χ3n) is 4.87. The summed E-state index contributed by atoms with van der Waals surface area (Å²) in [5.74, 6) is 0.696. The molecule has 1 heterocycles. The van der Waals surface area contributed by atoms with E-state index in [1.807, 2.05) is 18.2 Å². The van der Waals surface area contributed by atoms with Gasteiger partial charge >= 0.3 is 0 Å². The molecule has 1 aliphatic carbocycles. The van der Waals surface area contributed by atoms with Gasteiger partial charge in [0.25, 0.3) is 5.91 Å². The topological polar surface area (TPSA) is 53.7 Å². The molecule has 0 aliphatic heterocycles. The highest BCUT2D eigenvalue weighted by atomic mass is 35.5. The predicted molar refractivity (Wildman–Crippen MR) is 94.1 cm³/mol. The average Bonchev–Trinajstić information content (AvgIpc) is 3.24. The average molecular weight is 348 g/mol. The van der Waals surface area contributed by atoms with Gasteiger partial charge < -0.3 is 14.4 Å². The Hall–Kier alpha value is -1.78. The Labute approximate surface area is 147 Å². The molecule has 1 aliphatic rings. The van der Waals surface area contributed by atoms with Gasteiger partial charge in [0.2, 0.25) is 0 Å². The molecule has 1 saturated carbocycles. The quantitative estimate of drug-likeness (QED) is 0.880. The highest BCUT2D eigenvalue weighted by Crippen LogP contribution is 2.38. The van der Waals surface area contributed by atoms with Crippen LogP contribution in [0.25, 0.3) is 11.3 Å². The number of halogens is 1. The second-order valence-corrected chi connectivity index (χ2v) is 7.08. The van der Waals surface area contributed by atoms with Crippen LogP contribution >= 0.6 is 11.6 Å². The van der Waals surface area contributed by atoms with Gasteiger partial charge in [-0.1, -0.05) is 36.6 Å². The number of nitrogens with zero attached hydrogens (tertiary/aromatic N) is 1. The predicted octanol–water partition coefficient (Wildman–Crippen LogP) is 4.22. The largest absolute Gasteiger partial charge is 0.451 e. The molecule has 24 heavy (non-hydrogen) atoms. The lowest BCUT2D eigenvalue weighted by Crippen LogP contribution is -2.39. The summed E-state index contributed by atoms with van der Waals surface area (Å²) in [5.41, 5.74) is 0.603. The van der Waals surface area contributed by atoms with E-state index < -0.39 is 0 Å². The first kappa shape index (κ1) is 17.1. The molecule has 0 atom stereocenters. The molecule has 0 unspecified atom stereocenters. The van der Waals surface area contributed by atoms with E-state index in [0.717, 1.165) is 31.2 Å². The molecule has 1 amide bonds. The maximum Gasteiger partial charge on any atom is 0.289 e. The van der Waals surface area contributed by atoms with Gasteiger partial charge in [-0.3, -0.25) is 4.79 Å². The number of amides is 1. The van der Waals surface area contributed by atoms with Crippen molar-refractivity contribution in [3.63, 3.8) is 0 Å². The molecule has 1 fully saturated rings. The Morgan fingerprint density at radius 1 is 1.25 bits per heavy atom. The van der Waals surface area contributed by atoms with Crippen molar-refractivity contribution < 1.29 is 14.3 Å². The van der Waals surface area contributed by atoms with E-state index in [1.54, 1.807) is 30.1 Å². The van der Waals surface area contributed by atoms with Gasteiger partial charge in [-0.25, -0.2) is 0 Å². The zero-order chi connectivity index (χ0) is 17.2. The molecule has 1 aromatic carbocycles. The Bertz CT molecular complexity index is 719. The SMILES string of the molecule is CN(CC1(CO)CCCC1)C(=O)c1ccc(-c2ccccc2Cl)o1. The minimum atomic E-state index is -0.173. The fourth-order valence-electron chi connectivity index (χ4n) is 3.51. The zero-order valence-electron chi connectivity index (χ0n) is 13.8. The van der Waals surface area contributed by atoms with Gasteiger partial charge in [-0.2, -0.15) is 0 Å². The van der Waals surface area contributed by atoms with Gasteiger partial charge in [0.05, 0.1) is 11.6 Å². The number of aliphatic hydroxyl groups excluding tert-OH is 1. The smallest absolute Gasteiger partial charge is 0.289 e. The normalized spacial score (nSPS) is 16.3. The Morgan fingerprint density at radius 2 is 1.96 bits per heavy atom. The molecule has 1 N–H and O–H groups in total. The van der Waals surface area contributed by atoms with Crippen LogP contribution in [0.5, 0.6) is 0 Å². The van der Waals surface area contributed by atoms with Gasteiger partial charge in [0.1, 0.15) is 5.76 Å². The fourth-order valence-corrected chi connectivity index (χ4v) is 3.74. The van der Waals surface area contributed by atoms with E-state index in [9.17, 15) is 9.90 Å². The summed E-state index contributed by atoms with van der Waals surface area (Å²) in [6.45, 7) is 0.665. The Kier molecular flexibility index (Phi) is 4.97. The van der Waals surface area contributed by atoms with E-state index in [1.165, 1.54) is 0 Å². The highest BCUT2D eigenvalue weighted by molar-refractivity contribution is 6.33. The molecule has 128 valence electrons. The Balaban J connectivity index is 1.75. The minimum Gasteiger partial charge on any atom is -0.451 e. The van der Waals surface area contributed by atoms with Gasteiger partial charge in [0, 0.05) is 24.6 Å². The Morgan fingerprint density at radius 3 is 2.62 bits per heavy atom. The maximum absolute atomic E-state index is 12.6. The molecule has 0 bridgehead atoms. The number of rotatable bonds is 5. The summed E-state index contributed by atoms with van der Waals surface area (Å²) < 4.78 is 5.73. The summed E-state index contributed by atoms with van der Waals surface area (Å²) in [7, 11) is 1.76. The summed E-state index contributed by atoms with van der Waals surface area (Å²) in [6, 6.07) is 10.8. The summed E-state index contributed by atoms with van der Waals surface area (Å²) >= 11 is 6.18. The third kappa shape index (κ3) is 3.35. The molecule has 4 nitrogen and oxygen atoms in total. The van der Waals surface area contributed by atoms with E-state index in [4.69, 9.17) is 16.0 Å². The second-order valence-electron chi connectivity index (χ2n) is 6.67. The number of carbonyl (C=O) groups is 1. The molecule has 0 radical (unpaired) electrons. The standard InChI is InChI=1S/C19H22ClNO3/c1-21(12-19(13-22)10-4-5-11-19)18(23)17-9-8-16(24-17)14-6-2-3-7-15(14)20/h2-3,6-9,22H,4-5,10-13H2,1H3. The van der Waals surface area contributed by atoms with Crippen LogP contribution in [0, 0.1) is 5.41 Å². The molecule has 5 heteroatoms. The van der Waals surface area contributed by atoms with Crippen molar-refractivity contribution in [3.8, 4) is 11.3 Å². The van der Waals surface area contributed by atoms with Gasteiger partial charge in [-0.15, -0.1) is 0 Å². The summed E-state index contributed by atoms with van der Waals surface area (Å²) in [6.07, 6.45) is 4.15. The van der Waals surface area contributed by atoms with Crippen molar-refractivity contribution in [1.82, 2.24) is 4.90 Å². The number of carbonyl (C=O) groups excluding carboxylic acids is 1. The van der Waals surface area contributed by atoms with E-state index in [2.05, 4.69) is 0 Å². The van der Waals surface area contributed by atoms with Crippen molar-refractivity contribution >= 4 is 17.5 Å². The minimum absolute atomic E-state index is 0.119. The van der Waals surface area contributed by atoms with Crippen LogP contribution in [-0.4, -0.2) is 36.1 Å². The first-order valence-electron chi connectivity index (χ1n) is 8.26. The van der Waals surface area contributed by atoms with Crippen LogP contribution in [0.15, 0.2) is 40.8 Å². The maximum atomic E-state index is 12.6. The van der Waals surface area contributed by atoms with Crippen molar-refractivity contribution in [2.75, 3.05) is 20.2 Å². The summed E-state index contributed by atoms with van der Waals surface area (Å²) in [5, 5.41) is 10.3.